The number of rotatable bonds is 3. The Morgan fingerprint density at radius 3 is 3.00 bits per heavy atom. The van der Waals surface area contributed by atoms with Crippen LogP contribution < -0.4 is 5.32 Å². The Labute approximate surface area is 119 Å². The van der Waals surface area contributed by atoms with Crippen LogP contribution in [0.4, 0.5) is 4.39 Å². The summed E-state index contributed by atoms with van der Waals surface area (Å²) in [5, 5.41) is 3.88. The quantitative estimate of drug-likeness (QED) is 0.921. The van der Waals surface area contributed by atoms with E-state index >= 15 is 0 Å². The van der Waals surface area contributed by atoms with Crippen molar-refractivity contribution < 1.29 is 4.39 Å². The number of likely N-dealkylation sites (N-methyl/N-ethyl adjacent to an activating group) is 1. The van der Waals surface area contributed by atoms with Gasteiger partial charge in [0, 0.05) is 29.7 Å². The highest BCUT2D eigenvalue weighted by atomic mass is 35.5. The topological polar surface area (TPSA) is 15.3 Å². The SMILES string of the molecule is CNC1CCCN(Cc2cc(Cl)ccc2F)C1.Cl. The summed E-state index contributed by atoms with van der Waals surface area (Å²) in [7, 11) is 1.98. The molecular formula is C13H19Cl2FN2. The minimum atomic E-state index is -0.166. The molecule has 1 aromatic carbocycles. The van der Waals surface area contributed by atoms with E-state index in [0.717, 1.165) is 19.5 Å². The Balaban J connectivity index is 0.00000162. The second-order valence-corrected chi connectivity index (χ2v) is 5.04. The van der Waals surface area contributed by atoms with Crippen molar-refractivity contribution in [2.24, 2.45) is 0 Å². The molecule has 0 saturated carbocycles. The smallest absolute Gasteiger partial charge is 0.127 e. The van der Waals surface area contributed by atoms with Crippen molar-refractivity contribution >= 4 is 24.0 Å². The van der Waals surface area contributed by atoms with E-state index in [1.165, 1.54) is 12.5 Å². The minimum absolute atomic E-state index is 0. The molecule has 1 fully saturated rings. The molecular weight excluding hydrogens is 274 g/mol. The molecule has 1 unspecified atom stereocenters. The van der Waals surface area contributed by atoms with E-state index in [-0.39, 0.29) is 18.2 Å². The molecule has 1 N–H and O–H groups in total. The standard InChI is InChI=1S/C13H18ClFN2.ClH/c1-16-12-3-2-6-17(9-12)8-10-7-11(14)4-5-13(10)15;/h4-5,7,12,16H,2-3,6,8-9H2,1H3;1H. The van der Waals surface area contributed by atoms with Gasteiger partial charge in [-0.3, -0.25) is 4.90 Å². The first-order chi connectivity index (χ1) is 8.19. The summed E-state index contributed by atoms with van der Waals surface area (Å²) in [5.74, 6) is -0.166. The molecule has 1 saturated heterocycles. The van der Waals surface area contributed by atoms with E-state index in [0.29, 0.717) is 23.2 Å². The van der Waals surface area contributed by atoms with Gasteiger partial charge >= 0.3 is 0 Å². The van der Waals surface area contributed by atoms with Crippen LogP contribution in [-0.2, 0) is 6.54 Å². The van der Waals surface area contributed by atoms with Crippen LogP contribution in [0.1, 0.15) is 18.4 Å². The van der Waals surface area contributed by atoms with Gasteiger partial charge in [-0.1, -0.05) is 11.6 Å². The summed E-state index contributed by atoms with van der Waals surface area (Å²) in [4.78, 5) is 2.28. The van der Waals surface area contributed by atoms with Gasteiger partial charge in [-0.2, -0.15) is 0 Å². The highest BCUT2D eigenvalue weighted by molar-refractivity contribution is 6.30. The third-order valence-corrected chi connectivity index (χ3v) is 3.55. The Bertz CT molecular complexity index is 387. The van der Waals surface area contributed by atoms with Gasteiger partial charge in [0.2, 0.25) is 0 Å². The van der Waals surface area contributed by atoms with Gasteiger partial charge in [0.05, 0.1) is 0 Å². The molecule has 1 heterocycles. The zero-order valence-corrected chi connectivity index (χ0v) is 12.0. The van der Waals surface area contributed by atoms with Crippen LogP contribution in [0.15, 0.2) is 18.2 Å². The first-order valence-corrected chi connectivity index (χ1v) is 6.40. The van der Waals surface area contributed by atoms with Crippen molar-refractivity contribution in [2.45, 2.75) is 25.4 Å². The number of halogens is 3. The fraction of sp³-hybridized carbons (Fsp3) is 0.538. The number of hydrogen-bond acceptors (Lipinski definition) is 2. The van der Waals surface area contributed by atoms with Crippen molar-refractivity contribution in [1.82, 2.24) is 10.2 Å². The van der Waals surface area contributed by atoms with Gasteiger partial charge in [-0.25, -0.2) is 4.39 Å². The number of nitrogens with zero attached hydrogens (tertiary/aromatic N) is 1. The second kappa shape index (κ2) is 7.29. The van der Waals surface area contributed by atoms with E-state index in [2.05, 4.69) is 10.2 Å². The monoisotopic (exact) mass is 292 g/mol. The third kappa shape index (κ3) is 4.09. The van der Waals surface area contributed by atoms with Gasteiger partial charge in [-0.15, -0.1) is 12.4 Å². The number of likely N-dealkylation sites (tertiary alicyclic amines) is 1. The summed E-state index contributed by atoms with van der Waals surface area (Å²) in [6.07, 6.45) is 2.36. The van der Waals surface area contributed by atoms with Gasteiger partial charge in [0.1, 0.15) is 5.82 Å². The molecule has 102 valence electrons. The van der Waals surface area contributed by atoms with Crippen LogP contribution in [0.3, 0.4) is 0 Å². The molecule has 0 spiro atoms. The molecule has 0 amide bonds. The van der Waals surface area contributed by atoms with Gasteiger partial charge in [0.25, 0.3) is 0 Å². The van der Waals surface area contributed by atoms with Crippen molar-refractivity contribution in [2.75, 3.05) is 20.1 Å². The van der Waals surface area contributed by atoms with Crippen molar-refractivity contribution in [3.05, 3.63) is 34.6 Å². The average Bonchev–Trinajstić information content (AvgIpc) is 2.34. The molecule has 2 nitrogen and oxygen atoms in total. The zero-order valence-electron chi connectivity index (χ0n) is 10.5. The summed E-state index contributed by atoms with van der Waals surface area (Å²) in [6, 6.07) is 5.27. The van der Waals surface area contributed by atoms with Crippen molar-refractivity contribution in [3.8, 4) is 0 Å². The molecule has 0 bridgehead atoms. The molecule has 5 heteroatoms. The molecule has 1 aliphatic rings. The second-order valence-electron chi connectivity index (χ2n) is 4.60. The summed E-state index contributed by atoms with van der Waals surface area (Å²) in [6.45, 7) is 2.65. The number of hydrogen-bond donors (Lipinski definition) is 1. The predicted octanol–water partition coefficient (Wildman–Crippen LogP) is 3.08. The maximum atomic E-state index is 13.6. The lowest BCUT2D eigenvalue weighted by atomic mass is 10.0. The molecule has 1 aromatic rings. The van der Waals surface area contributed by atoms with E-state index in [9.17, 15) is 4.39 Å². The predicted molar refractivity (Wildman–Crippen MR) is 76.0 cm³/mol. The third-order valence-electron chi connectivity index (χ3n) is 3.32. The van der Waals surface area contributed by atoms with Crippen LogP contribution in [0, 0.1) is 5.82 Å². The normalized spacial score (nSPS) is 20.5. The molecule has 0 aliphatic carbocycles. The Morgan fingerprint density at radius 1 is 1.50 bits per heavy atom. The number of nitrogens with one attached hydrogen (secondary N) is 1. The highest BCUT2D eigenvalue weighted by Crippen LogP contribution is 2.19. The van der Waals surface area contributed by atoms with Crippen molar-refractivity contribution in [1.29, 1.82) is 0 Å². The molecule has 18 heavy (non-hydrogen) atoms. The maximum absolute atomic E-state index is 13.6. The van der Waals surface area contributed by atoms with Crippen molar-refractivity contribution in [3.63, 3.8) is 0 Å². The molecule has 0 radical (unpaired) electrons. The summed E-state index contributed by atoms with van der Waals surface area (Å²) < 4.78 is 13.6. The van der Waals surface area contributed by atoms with E-state index in [1.807, 2.05) is 7.05 Å². The summed E-state index contributed by atoms with van der Waals surface area (Å²) >= 11 is 5.89. The van der Waals surface area contributed by atoms with Crippen LogP contribution >= 0.6 is 24.0 Å². The fourth-order valence-corrected chi connectivity index (χ4v) is 2.53. The largest absolute Gasteiger partial charge is 0.316 e. The van der Waals surface area contributed by atoms with Crippen LogP contribution in [0.2, 0.25) is 5.02 Å². The lowest BCUT2D eigenvalue weighted by Crippen LogP contribution is -2.43. The number of benzene rings is 1. The van der Waals surface area contributed by atoms with E-state index in [4.69, 9.17) is 11.6 Å². The first kappa shape index (κ1) is 15.7. The van der Waals surface area contributed by atoms with Gasteiger partial charge in [-0.05, 0) is 44.6 Å². The van der Waals surface area contributed by atoms with Crippen LogP contribution in [-0.4, -0.2) is 31.1 Å². The van der Waals surface area contributed by atoms with Crippen LogP contribution in [0.5, 0.6) is 0 Å². The Kier molecular flexibility index (Phi) is 6.36. The molecule has 1 atom stereocenters. The number of piperidine rings is 1. The van der Waals surface area contributed by atoms with Gasteiger partial charge < -0.3 is 5.32 Å². The van der Waals surface area contributed by atoms with Gasteiger partial charge in [0.15, 0.2) is 0 Å². The lowest BCUT2D eigenvalue weighted by Gasteiger charge is -2.32. The molecule has 1 aliphatic heterocycles. The minimum Gasteiger partial charge on any atom is -0.316 e. The maximum Gasteiger partial charge on any atom is 0.127 e. The van der Waals surface area contributed by atoms with Crippen LogP contribution in [0.25, 0.3) is 0 Å². The molecule has 0 aromatic heterocycles. The van der Waals surface area contributed by atoms with E-state index in [1.54, 1.807) is 12.1 Å². The first-order valence-electron chi connectivity index (χ1n) is 6.02. The highest BCUT2D eigenvalue weighted by Gasteiger charge is 2.19. The van der Waals surface area contributed by atoms with E-state index < -0.39 is 0 Å². The average molecular weight is 293 g/mol. The lowest BCUT2D eigenvalue weighted by molar-refractivity contribution is 0.186. The Hall–Kier alpha value is -0.350. The fourth-order valence-electron chi connectivity index (χ4n) is 2.34. The summed E-state index contributed by atoms with van der Waals surface area (Å²) in [5.41, 5.74) is 0.689. The zero-order chi connectivity index (χ0) is 12.3. The molecule has 2 rings (SSSR count). The Morgan fingerprint density at radius 2 is 2.28 bits per heavy atom.